The molecular weight excluding hydrogens is 246 g/mol. The fraction of sp³-hybridized carbons (Fsp3) is 0.375. The van der Waals surface area contributed by atoms with Crippen molar-refractivity contribution in [2.24, 2.45) is 0 Å². The zero-order chi connectivity index (χ0) is 12.3. The van der Waals surface area contributed by atoms with Gasteiger partial charge < -0.3 is 10.4 Å². The van der Waals surface area contributed by atoms with Gasteiger partial charge in [0, 0.05) is 6.04 Å². The summed E-state index contributed by atoms with van der Waals surface area (Å²) in [6, 6.07) is -0.183. The third-order valence-corrected chi connectivity index (χ3v) is 2.04. The molecule has 0 aliphatic carbocycles. The van der Waals surface area contributed by atoms with Gasteiger partial charge in [0.15, 0.2) is 0 Å². The van der Waals surface area contributed by atoms with E-state index in [0.29, 0.717) is 0 Å². The van der Waals surface area contributed by atoms with E-state index in [1.807, 2.05) is 0 Å². The van der Waals surface area contributed by atoms with E-state index in [1.165, 1.54) is 17.3 Å². The summed E-state index contributed by atoms with van der Waals surface area (Å²) >= 11 is 5.77. The Morgan fingerprint density at radius 2 is 2.29 bits per heavy atom. The minimum Gasteiger partial charge on any atom is -0.394 e. The monoisotopic (exact) mass is 255 g/mol. The molecule has 17 heavy (non-hydrogen) atoms. The Balaban J connectivity index is 2.30. The van der Waals surface area contributed by atoms with Crippen LogP contribution in [-0.4, -0.2) is 47.5 Å². The highest BCUT2D eigenvalue weighted by Crippen LogP contribution is 2.09. The summed E-state index contributed by atoms with van der Waals surface area (Å²) in [4.78, 5) is 15.7. The van der Waals surface area contributed by atoms with Gasteiger partial charge >= 0.3 is 0 Å². The first-order valence-corrected chi connectivity index (χ1v) is 5.21. The van der Waals surface area contributed by atoms with Gasteiger partial charge in [0.1, 0.15) is 12.7 Å². The second-order valence-electron chi connectivity index (χ2n) is 3.30. The van der Waals surface area contributed by atoms with Crippen LogP contribution in [0.15, 0.2) is 12.7 Å². The predicted octanol–water partition coefficient (Wildman–Crippen LogP) is -0.102. The Labute approximate surface area is 102 Å². The number of aliphatic hydroxyl groups is 1. The van der Waals surface area contributed by atoms with Crippen molar-refractivity contribution in [3.63, 3.8) is 0 Å². The standard InChI is InChI=1S/C8H10ClN7O/c1-5(2-17)12-7-13-6(9)14-8(15-7)16-4-10-3-11-16/h3-5,17H,2H2,1H3,(H,12,13,14,15). The third-order valence-electron chi connectivity index (χ3n) is 1.87. The van der Waals surface area contributed by atoms with Crippen LogP contribution in [-0.2, 0) is 0 Å². The summed E-state index contributed by atoms with van der Waals surface area (Å²) < 4.78 is 1.36. The molecule has 0 aliphatic rings. The molecule has 2 heterocycles. The first kappa shape index (κ1) is 11.7. The van der Waals surface area contributed by atoms with Crippen molar-refractivity contribution in [3.05, 3.63) is 17.9 Å². The number of anilines is 1. The van der Waals surface area contributed by atoms with Crippen molar-refractivity contribution in [1.82, 2.24) is 29.7 Å². The van der Waals surface area contributed by atoms with E-state index in [9.17, 15) is 0 Å². The first-order chi connectivity index (χ1) is 8.19. The van der Waals surface area contributed by atoms with Gasteiger partial charge in [0.2, 0.25) is 11.2 Å². The number of hydrogen-bond donors (Lipinski definition) is 2. The van der Waals surface area contributed by atoms with Gasteiger partial charge in [-0.15, -0.1) is 0 Å². The van der Waals surface area contributed by atoms with Crippen LogP contribution in [0, 0.1) is 0 Å². The fourth-order valence-electron chi connectivity index (χ4n) is 1.08. The fourth-order valence-corrected chi connectivity index (χ4v) is 1.24. The van der Waals surface area contributed by atoms with Gasteiger partial charge in [-0.3, -0.25) is 0 Å². The van der Waals surface area contributed by atoms with Crippen LogP contribution in [0.2, 0.25) is 5.28 Å². The molecule has 2 aromatic rings. The van der Waals surface area contributed by atoms with Crippen LogP contribution in [0.4, 0.5) is 5.95 Å². The Morgan fingerprint density at radius 1 is 1.47 bits per heavy atom. The molecule has 0 bridgehead atoms. The lowest BCUT2D eigenvalue weighted by Crippen LogP contribution is -2.21. The zero-order valence-electron chi connectivity index (χ0n) is 8.95. The van der Waals surface area contributed by atoms with E-state index in [2.05, 4.69) is 30.4 Å². The molecule has 2 rings (SSSR count). The molecule has 0 aliphatic heterocycles. The average Bonchev–Trinajstić information content (AvgIpc) is 2.81. The Hall–Kier alpha value is -1.80. The van der Waals surface area contributed by atoms with E-state index in [4.69, 9.17) is 16.7 Å². The number of aliphatic hydroxyl groups excluding tert-OH is 1. The number of halogens is 1. The molecule has 0 radical (unpaired) electrons. The Kier molecular flexibility index (Phi) is 3.45. The van der Waals surface area contributed by atoms with Gasteiger partial charge in [-0.2, -0.15) is 24.7 Å². The maximum absolute atomic E-state index is 8.92. The third kappa shape index (κ3) is 2.86. The van der Waals surface area contributed by atoms with Crippen molar-refractivity contribution in [2.45, 2.75) is 13.0 Å². The number of hydrogen-bond acceptors (Lipinski definition) is 7. The lowest BCUT2D eigenvalue weighted by Gasteiger charge is -2.10. The summed E-state index contributed by atoms with van der Waals surface area (Å²) in [6.45, 7) is 1.74. The van der Waals surface area contributed by atoms with Crippen molar-refractivity contribution in [1.29, 1.82) is 0 Å². The smallest absolute Gasteiger partial charge is 0.258 e. The van der Waals surface area contributed by atoms with Gasteiger partial charge in [-0.05, 0) is 18.5 Å². The Morgan fingerprint density at radius 3 is 2.94 bits per heavy atom. The first-order valence-electron chi connectivity index (χ1n) is 4.83. The number of nitrogens with zero attached hydrogens (tertiary/aromatic N) is 6. The average molecular weight is 256 g/mol. The Bertz CT molecular complexity index is 489. The van der Waals surface area contributed by atoms with E-state index in [-0.39, 0.29) is 29.8 Å². The molecular formula is C8H10ClN7O. The normalized spacial score (nSPS) is 12.4. The van der Waals surface area contributed by atoms with Crippen LogP contribution >= 0.6 is 11.6 Å². The number of aromatic nitrogens is 6. The van der Waals surface area contributed by atoms with Crippen molar-refractivity contribution in [2.75, 3.05) is 11.9 Å². The molecule has 0 aromatic carbocycles. The molecule has 0 saturated carbocycles. The van der Waals surface area contributed by atoms with E-state index in [1.54, 1.807) is 6.92 Å². The van der Waals surface area contributed by atoms with Gasteiger partial charge in [-0.1, -0.05) is 0 Å². The molecule has 1 unspecified atom stereocenters. The highest BCUT2D eigenvalue weighted by atomic mass is 35.5. The molecule has 0 spiro atoms. The van der Waals surface area contributed by atoms with E-state index >= 15 is 0 Å². The second kappa shape index (κ2) is 5.02. The van der Waals surface area contributed by atoms with Crippen molar-refractivity contribution >= 4 is 17.5 Å². The predicted molar refractivity (Wildman–Crippen MR) is 59.9 cm³/mol. The minimum absolute atomic E-state index is 0.0397. The second-order valence-corrected chi connectivity index (χ2v) is 3.63. The summed E-state index contributed by atoms with van der Waals surface area (Å²) in [6.07, 6.45) is 2.81. The zero-order valence-corrected chi connectivity index (χ0v) is 9.70. The lowest BCUT2D eigenvalue weighted by atomic mass is 10.4. The molecule has 2 aromatic heterocycles. The maximum atomic E-state index is 8.92. The quantitative estimate of drug-likeness (QED) is 0.786. The summed E-state index contributed by atoms with van der Waals surface area (Å²) in [5.74, 6) is 0.534. The van der Waals surface area contributed by atoms with Gasteiger partial charge in [0.05, 0.1) is 6.61 Å². The largest absolute Gasteiger partial charge is 0.394 e. The molecule has 90 valence electrons. The molecule has 1 atom stereocenters. The topological polar surface area (TPSA) is 102 Å². The molecule has 0 saturated heterocycles. The van der Waals surface area contributed by atoms with Gasteiger partial charge in [0.25, 0.3) is 5.95 Å². The van der Waals surface area contributed by atoms with Crippen LogP contribution in [0.3, 0.4) is 0 Å². The molecule has 9 heteroatoms. The lowest BCUT2D eigenvalue weighted by molar-refractivity contribution is 0.281. The minimum atomic E-state index is -0.183. The number of nitrogens with one attached hydrogen (secondary N) is 1. The number of rotatable bonds is 4. The van der Waals surface area contributed by atoms with E-state index in [0.717, 1.165) is 0 Å². The highest BCUT2D eigenvalue weighted by molar-refractivity contribution is 6.28. The van der Waals surface area contributed by atoms with E-state index < -0.39 is 0 Å². The summed E-state index contributed by atoms with van der Waals surface area (Å²) in [5, 5.41) is 15.7. The van der Waals surface area contributed by atoms with Crippen LogP contribution in [0.25, 0.3) is 5.95 Å². The van der Waals surface area contributed by atoms with Crippen LogP contribution in [0.1, 0.15) is 6.92 Å². The summed E-state index contributed by atoms with van der Waals surface area (Å²) in [7, 11) is 0. The maximum Gasteiger partial charge on any atom is 0.258 e. The van der Waals surface area contributed by atoms with Gasteiger partial charge in [-0.25, -0.2) is 4.98 Å². The SMILES string of the molecule is CC(CO)Nc1nc(Cl)nc(-n2cncn2)n1. The molecule has 0 amide bonds. The van der Waals surface area contributed by atoms with Crippen LogP contribution < -0.4 is 5.32 Å². The summed E-state index contributed by atoms with van der Waals surface area (Å²) in [5.41, 5.74) is 0. The molecule has 2 N–H and O–H groups in total. The molecule has 8 nitrogen and oxygen atoms in total. The van der Waals surface area contributed by atoms with Crippen LogP contribution in [0.5, 0.6) is 0 Å². The highest BCUT2D eigenvalue weighted by Gasteiger charge is 2.09. The van der Waals surface area contributed by atoms with Crippen molar-refractivity contribution in [3.8, 4) is 5.95 Å². The molecule has 0 fully saturated rings. The van der Waals surface area contributed by atoms with Crippen molar-refractivity contribution < 1.29 is 5.11 Å².